The summed E-state index contributed by atoms with van der Waals surface area (Å²) in [5.41, 5.74) is 0.0750. The lowest BCUT2D eigenvalue weighted by Crippen LogP contribution is -2.30. The van der Waals surface area contributed by atoms with Crippen molar-refractivity contribution in [3.05, 3.63) is 11.8 Å². The summed E-state index contributed by atoms with van der Waals surface area (Å²) in [5, 5.41) is 11.2. The Morgan fingerprint density at radius 2 is 1.94 bits per heavy atom. The molecule has 0 aromatic heterocycles. The molecule has 1 fully saturated rings. The van der Waals surface area contributed by atoms with Crippen molar-refractivity contribution in [3.63, 3.8) is 0 Å². The molecule has 0 heterocycles. The van der Waals surface area contributed by atoms with Crippen molar-refractivity contribution in [1.29, 1.82) is 0 Å². The maximum atomic E-state index is 11.7. The molecule has 4 nitrogen and oxygen atoms in total. The average Bonchev–Trinajstić information content (AvgIpc) is 2.91. The molecule has 0 radical (unpaired) electrons. The second-order valence-corrected chi connectivity index (χ2v) is 5.31. The second-order valence-electron chi connectivity index (χ2n) is 5.31. The molecule has 16 heavy (non-hydrogen) atoms. The van der Waals surface area contributed by atoms with Gasteiger partial charge in [0.1, 0.15) is 5.70 Å². The van der Waals surface area contributed by atoms with Crippen LogP contribution in [-0.4, -0.2) is 17.0 Å². The van der Waals surface area contributed by atoms with Crippen LogP contribution in [0.1, 0.15) is 34.1 Å². The molecule has 90 valence electrons. The van der Waals surface area contributed by atoms with Gasteiger partial charge in [-0.3, -0.25) is 4.79 Å². The molecule has 0 aromatic carbocycles. The Morgan fingerprint density at radius 3 is 2.25 bits per heavy atom. The second kappa shape index (κ2) is 4.28. The molecular formula is C12H19NO3. The van der Waals surface area contributed by atoms with Crippen LogP contribution in [0.15, 0.2) is 11.8 Å². The van der Waals surface area contributed by atoms with Gasteiger partial charge in [0.05, 0.1) is 0 Å². The van der Waals surface area contributed by atoms with Crippen molar-refractivity contribution in [1.82, 2.24) is 5.32 Å². The molecule has 2 unspecified atom stereocenters. The molecule has 1 rings (SSSR count). The highest BCUT2D eigenvalue weighted by atomic mass is 16.4. The summed E-state index contributed by atoms with van der Waals surface area (Å²) in [4.78, 5) is 22.4. The van der Waals surface area contributed by atoms with Gasteiger partial charge in [-0.1, -0.05) is 26.8 Å². The largest absolute Gasteiger partial charge is 0.477 e. The minimum atomic E-state index is -1.09. The van der Waals surface area contributed by atoms with Gasteiger partial charge in [0.25, 0.3) is 0 Å². The zero-order valence-electron chi connectivity index (χ0n) is 10.2. The number of rotatable bonds is 3. The molecule has 1 amide bonds. The van der Waals surface area contributed by atoms with Crippen LogP contribution in [0.4, 0.5) is 0 Å². The maximum absolute atomic E-state index is 11.7. The van der Waals surface area contributed by atoms with Gasteiger partial charge in [0.2, 0.25) is 5.91 Å². The van der Waals surface area contributed by atoms with E-state index in [0.29, 0.717) is 5.92 Å². The van der Waals surface area contributed by atoms with Gasteiger partial charge in [-0.25, -0.2) is 4.79 Å². The van der Waals surface area contributed by atoms with Gasteiger partial charge in [0, 0.05) is 5.92 Å². The van der Waals surface area contributed by atoms with E-state index in [1.807, 2.05) is 0 Å². The molecule has 0 saturated heterocycles. The summed E-state index contributed by atoms with van der Waals surface area (Å²) >= 11 is 0. The van der Waals surface area contributed by atoms with Gasteiger partial charge < -0.3 is 10.4 Å². The number of carboxylic acid groups (broad SMARTS) is 1. The van der Waals surface area contributed by atoms with E-state index < -0.39 is 5.97 Å². The Hall–Kier alpha value is -1.32. The Balaban J connectivity index is 2.54. The van der Waals surface area contributed by atoms with Crippen LogP contribution >= 0.6 is 0 Å². The summed E-state index contributed by atoms with van der Waals surface area (Å²) in [6.07, 6.45) is 2.25. The Bertz CT molecular complexity index is 339. The first kappa shape index (κ1) is 12.7. The van der Waals surface area contributed by atoms with E-state index >= 15 is 0 Å². The predicted octanol–water partition coefficient (Wildman–Crippen LogP) is 1.77. The fourth-order valence-corrected chi connectivity index (χ4v) is 1.92. The molecule has 0 bridgehead atoms. The fraction of sp³-hybridized carbons (Fsp3) is 0.667. The van der Waals surface area contributed by atoms with Gasteiger partial charge in [-0.15, -0.1) is 0 Å². The minimum Gasteiger partial charge on any atom is -0.477 e. The van der Waals surface area contributed by atoms with Crippen LogP contribution in [0.3, 0.4) is 0 Å². The van der Waals surface area contributed by atoms with Crippen molar-refractivity contribution >= 4 is 11.9 Å². The molecule has 1 saturated carbocycles. The van der Waals surface area contributed by atoms with Crippen molar-refractivity contribution in [2.45, 2.75) is 34.1 Å². The average molecular weight is 225 g/mol. The number of allylic oxidation sites excluding steroid dienone is 1. The zero-order valence-corrected chi connectivity index (χ0v) is 10.2. The lowest BCUT2D eigenvalue weighted by Gasteiger charge is -2.17. The highest BCUT2D eigenvalue weighted by Gasteiger charge is 2.49. The van der Waals surface area contributed by atoms with Gasteiger partial charge >= 0.3 is 5.97 Å². The van der Waals surface area contributed by atoms with Crippen molar-refractivity contribution < 1.29 is 14.7 Å². The summed E-state index contributed by atoms with van der Waals surface area (Å²) in [5.74, 6) is -0.937. The first-order valence-corrected chi connectivity index (χ1v) is 5.48. The van der Waals surface area contributed by atoms with Gasteiger partial charge in [-0.2, -0.15) is 0 Å². The van der Waals surface area contributed by atoms with E-state index in [2.05, 4.69) is 26.1 Å². The summed E-state index contributed by atoms with van der Waals surface area (Å²) in [6, 6.07) is 0. The lowest BCUT2D eigenvalue weighted by atomic mass is 9.89. The topological polar surface area (TPSA) is 66.4 Å². The third-order valence-corrected chi connectivity index (χ3v) is 3.02. The van der Waals surface area contributed by atoms with E-state index in [-0.39, 0.29) is 22.9 Å². The highest BCUT2D eigenvalue weighted by Crippen LogP contribution is 2.50. The zero-order chi connectivity index (χ0) is 12.5. The number of hydrogen-bond acceptors (Lipinski definition) is 2. The maximum Gasteiger partial charge on any atom is 0.352 e. The molecule has 0 spiro atoms. The standard InChI is InChI=1S/C12H19NO3/c1-5-9(11(15)16)13-10(14)7-6-8(7)12(2,3)4/h5,7-8H,6H2,1-4H3,(H,13,14)(H,15,16). The monoisotopic (exact) mass is 225 g/mol. The van der Waals surface area contributed by atoms with Crippen LogP contribution in [0.25, 0.3) is 0 Å². The van der Waals surface area contributed by atoms with E-state index in [0.717, 1.165) is 6.42 Å². The normalized spacial score (nSPS) is 25.1. The first-order chi connectivity index (χ1) is 7.27. The number of carbonyl (C=O) groups excluding carboxylic acids is 1. The van der Waals surface area contributed by atoms with Gasteiger partial charge in [-0.05, 0) is 24.7 Å². The number of amides is 1. The molecule has 0 aromatic rings. The summed E-state index contributed by atoms with van der Waals surface area (Å²) < 4.78 is 0. The van der Waals surface area contributed by atoms with Crippen molar-refractivity contribution in [3.8, 4) is 0 Å². The van der Waals surface area contributed by atoms with Crippen LogP contribution in [0.5, 0.6) is 0 Å². The number of carbonyl (C=O) groups is 2. The lowest BCUT2D eigenvalue weighted by molar-refractivity contribution is -0.135. The van der Waals surface area contributed by atoms with Crippen molar-refractivity contribution in [2.24, 2.45) is 17.3 Å². The fourth-order valence-electron chi connectivity index (χ4n) is 1.92. The highest BCUT2D eigenvalue weighted by molar-refractivity contribution is 5.94. The third-order valence-electron chi connectivity index (χ3n) is 3.02. The third kappa shape index (κ3) is 2.84. The summed E-state index contributed by atoms with van der Waals surface area (Å²) in [7, 11) is 0. The van der Waals surface area contributed by atoms with Crippen LogP contribution < -0.4 is 5.32 Å². The van der Waals surface area contributed by atoms with E-state index in [9.17, 15) is 9.59 Å². The summed E-state index contributed by atoms with van der Waals surface area (Å²) in [6.45, 7) is 7.88. The molecular weight excluding hydrogens is 206 g/mol. The number of aliphatic carboxylic acids is 1. The van der Waals surface area contributed by atoms with E-state index in [4.69, 9.17) is 5.11 Å². The Labute approximate surface area is 95.7 Å². The molecule has 1 aliphatic carbocycles. The molecule has 2 atom stereocenters. The van der Waals surface area contributed by atoms with E-state index in [1.165, 1.54) is 6.08 Å². The van der Waals surface area contributed by atoms with Crippen molar-refractivity contribution in [2.75, 3.05) is 0 Å². The molecule has 1 aliphatic rings. The van der Waals surface area contributed by atoms with Crippen LogP contribution in [0.2, 0.25) is 0 Å². The van der Waals surface area contributed by atoms with Crippen LogP contribution in [-0.2, 0) is 9.59 Å². The molecule has 0 aliphatic heterocycles. The first-order valence-electron chi connectivity index (χ1n) is 5.48. The van der Waals surface area contributed by atoms with Gasteiger partial charge in [0.15, 0.2) is 0 Å². The SMILES string of the molecule is CC=C(NC(=O)C1CC1C(C)(C)C)C(=O)O. The minimum absolute atomic E-state index is 0.0331. The number of nitrogens with one attached hydrogen (secondary N) is 1. The smallest absolute Gasteiger partial charge is 0.352 e. The number of carboxylic acids is 1. The quantitative estimate of drug-likeness (QED) is 0.719. The Morgan fingerprint density at radius 1 is 1.38 bits per heavy atom. The van der Waals surface area contributed by atoms with Crippen LogP contribution in [0, 0.1) is 17.3 Å². The molecule has 2 N–H and O–H groups in total. The molecule has 4 heteroatoms. The van der Waals surface area contributed by atoms with E-state index in [1.54, 1.807) is 6.92 Å². The Kier molecular flexibility index (Phi) is 3.41. The number of hydrogen-bond donors (Lipinski definition) is 2. The predicted molar refractivity (Wildman–Crippen MR) is 60.6 cm³/mol.